The van der Waals surface area contributed by atoms with Crippen LogP contribution < -0.4 is 5.73 Å². The van der Waals surface area contributed by atoms with Gasteiger partial charge >= 0.3 is 0 Å². The number of Topliss-reactive ketones (excluding diaryl/α,β-unsaturated/α-hetero) is 2. The van der Waals surface area contributed by atoms with E-state index in [9.17, 15) is 34.8 Å². The zero-order chi connectivity index (χ0) is 26.1. The molecule has 10 nitrogen and oxygen atoms in total. The van der Waals surface area contributed by atoms with Gasteiger partial charge in [0.25, 0.3) is 0 Å². The number of rotatable bonds is 4. The Hall–Kier alpha value is -2.79. The molecule has 2 unspecified atom stereocenters. The molecule has 0 spiro atoms. The molecular weight excluding hydrogens is 466 g/mol. The minimum atomic E-state index is -2.63. The number of carbonyl (C=O) groups is 3. The van der Waals surface area contributed by atoms with E-state index in [1.807, 2.05) is 6.07 Å². The van der Waals surface area contributed by atoms with Crippen molar-refractivity contribution in [3.63, 3.8) is 0 Å². The molecule has 194 valence electrons. The van der Waals surface area contributed by atoms with Crippen LogP contribution >= 0.6 is 0 Å². The molecule has 10 heteroatoms. The van der Waals surface area contributed by atoms with Crippen LogP contribution in [0.4, 0.5) is 0 Å². The number of nitrogens with zero attached hydrogens (tertiary/aromatic N) is 2. The van der Waals surface area contributed by atoms with Crippen molar-refractivity contribution < 1.29 is 34.8 Å². The molecule has 4 aliphatic rings. The molecule has 1 aromatic rings. The summed E-state index contributed by atoms with van der Waals surface area (Å²) in [6, 6.07) is 2.42. The second kappa shape index (κ2) is 8.65. The minimum absolute atomic E-state index is 0.122. The lowest BCUT2D eigenvalue weighted by atomic mass is 9.54. The van der Waals surface area contributed by atoms with E-state index in [0.717, 1.165) is 37.1 Å². The summed E-state index contributed by atoms with van der Waals surface area (Å²) in [5.41, 5.74) is 4.48. The average Bonchev–Trinajstić information content (AvgIpc) is 3.31. The highest BCUT2D eigenvalue weighted by Crippen LogP contribution is 2.52. The smallest absolute Gasteiger partial charge is 0.230 e. The van der Waals surface area contributed by atoms with Gasteiger partial charge in [0.1, 0.15) is 17.4 Å². The van der Waals surface area contributed by atoms with Crippen LogP contribution in [0.2, 0.25) is 0 Å². The Balaban J connectivity index is 1.63. The van der Waals surface area contributed by atoms with E-state index in [0.29, 0.717) is 13.0 Å². The molecule has 1 heterocycles. The van der Waals surface area contributed by atoms with Crippen molar-refractivity contribution in [3.05, 3.63) is 34.4 Å². The molecule has 1 aromatic carbocycles. The van der Waals surface area contributed by atoms with Crippen LogP contribution in [0.25, 0.3) is 5.76 Å². The van der Waals surface area contributed by atoms with Crippen molar-refractivity contribution in [1.82, 2.24) is 9.80 Å². The van der Waals surface area contributed by atoms with Gasteiger partial charge in [0.15, 0.2) is 11.4 Å². The number of benzene rings is 1. The number of likely N-dealkylation sites (N-methyl/N-ethyl adjacent to an activating group) is 1. The number of ketones is 2. The summed E-state index contributed by atoms with van der Waals surface area (Å²) >= 11 is 0. The number of amides is 1. The fraction of sp³-hybridized carbons (Fsp3) is 0.577. The largest absolute Gasteiger partial charge is 0.507 e. The number of aliphatic hydroxyl groups excluding tert-OH is 2. The Kier molecular flexibility index (Phi) is 5.98. The van der Waals surface area contributed by atoms with Crippen LogP contribution in [0, 0.1) is 17.8 Å². The Morgan fingerprint density at radius 2 is 1.86 bits per heavy atom. The van der Waals surface area contributed by atoms with Crippen molar-refractivity contribution in [1.29, 1.82) is 0 Å². The predicted octanol–water partition coefficient (Wildman–Crippen LogP) is -0.275. The minimum Gasteiger partial charge on any atom is -0.507 e. The van der Waals surface area contributed by atoms with Gasteiger partial charge in [0.05, 0.1) is 11.7 Å². The summed E-state index contributed by atoms with van der Waals surface area (Å²) in [5.74, 6) is -7.22. The van der Waals surface area contributed by atoms with Crippen molar-refractivity contribution in [2.75, 3.05) is 27.2 Å². The lowest BCUT2D eigenvalue weighted by Gasteiger charge is -2.53. The maximum absolute atomic E-state index is 13.8. The summed E-state index contributed by atoms with van der Waals surface area (Å²) in [5, 5.41) is 44.5. The molecule has 3 aliphatic carbocycles. The first-order chi connectivity index (χ1) is 17.0. The number of phenolic OH excluding ortho intramolecular Hbond substituents is 1. The quantitative estimate of drug-likeness (QED) is 0.351. The SMILES string of the molecule is CN(C)[C@@H]1C(O)C(C(N)=O)C(=O)[C@@]2(O)C(=O)C3=C(O)c4c(O)ccc(CN5CCCC5)c4C[C@H]3C[C@@H]12. The van der Waals surface area contributed by atoms with E-state index >= 15 is 0 Å². The first-order valence-corrected chi connectivity index (χ1v) is 12.4. The third-order valence-corrected chi connectivity index (χ3v) is 8.66. The number of aromatic hydroxyl groups is 1. The number of fused-ring (bicyclic) bond motifs is 3. The van der Waals surface area contributed by atoms with Gasteiger partial charge in [-0.2, -0.15) is 0 Å². The topological polar surface area (TPSA) is 165 Å². The maximum Gasteiger partial charge on any atom is 0.230 e. The summed E-state index contributed by atoms with van der Waals surface area (Å²) in [6.07, 6.45) is 1.18. The van der Waals surface area contributed by atoms with Crippen LogP contribution in [-0.4, -0.2) is 92.6 Å². The summed E-state index contributed by atoms with van der Waals surface area (Å²) in [6.45, 7) is 2.58. The molecule has 0 radical (unpaired) electrons. The molecule has 6 atom stereocenters. The van der Waals surface area contributed by atoms with Crippen molar-refractivity contribution >= 4 is 23.2 Å². The standard InChI is InChI=1S/C26H33N3O7/c1-28(2)20-15-10-13-9-14-12(11-29-7-3-4-8-29)5-6-16(30)18(14)21(31)17(13)23(33)26(15,36)24(34)19(22(20)32)25(27)35/h5-6,13,15,19-20,22,30-32,36H,3-4,7-11H2,1-2H3,(H2,27,35)/t13-,15-,19?,20-,22?,26-/m0/s1. The van der Waals surface area contributed by atoms with Crippen molar-refractivity contribution in [2.24, 2.45) is 23.5 Å². The highest BCUT2D eigenvalue weighted by molar-refractivity contribution is 6.25. The fourth-order valence-corrected chi connectivity index (χ4v) is 7.00. The number of aliphatic hydroxyl groups is 3. The van der Waals surface area contributed by atoms with Gasteiger partial charge in [-0.05, 0) is 76.0 Å². The summed E-state index contributed by atoms with van der Waals surface area (Å²) in [7, 11) is 3.27. The third kappa shape index (κ3) is 3.42. The van der Waals surface area contributed by atoms with Crippen LogP contribution in [-0.2, 0) is 27.3 Å². The van der Waals surface area contributed by atoms with Crippen molar-refractivity contribution in [3.8, 4) is 5.75 Å². The molecule has 1 saturated heterocycles. The Morgan fingerprint density at radius 1 is 1.19 bits per heavy atom. The molecule has 0 bridgehead atoms. The molecule has 5 rings (SSSR count). The second-order valence-corrected chi connectivity index (χ2v) is 10.9. The number of hydrogen-bond acceptors (Lipinski definition) is 9. The van der Waals surface area contributed by atoms with Gasteiger partial charge in [-0.15, -0.1) is 0 Å². The Bertz CT molecular complexity index is 1170. The molecule has 3 fully saturated rings. The maximum atomic E-state index is 13.8. The van der Waals surface area contributed by atoms with Crippen molar-refractivity contribution in [2.45, 2.75) is 50.0 Å². The third-order valence-electron chi connectivity index (χ3n) is 8.66. The monoisotopic (exact) mass is 499 g/mol. The highest BCUT2D eigenvalue weighted by atomic mass is 16.3. The molecule has 0 aromatic heterocycles. The van der Waals surface area contributed by atoms with Gasteiger partial charge < -0.3 is 31.1 Å². The Labute approximate surface area is 209 Å². The van der Waals surface area contributed by atoms with Crippen LogP contribution in [0.3, 0.4) is 0 Å². The zero-order valence-electron chi connectivity index (χ0n) is 20.5. The molecular formula is C26H33N3O7. The lowest BCUT2D eigenvalue weighted by molar-refractivity contribution is -0.184. The van der Waals surface area contributed by atoms with E-state index in [2.05, 4.69) is 4.90 Å². The van der Waals surface area contributed by atoms with Gasteiger partial charge in [-0.1, -0.05) is 6.07 Å². The van der Waals surface area contributed by atoms with E-state index < -0.39 is 58.7 Å². The first-order valence-electron chi connectivity index (χ1n) is 12.4. The zero-order valence-corrected chi connectivity index (χ0v) is 20.5. The van der Waals surface area contributed by atoms with Crippen LogP contribution in [0.1, 0.15) is 36.0 Å². The number of nitrogens with two attached hydrogens (primary N) is 1. The second-order valence-electron chi connectivity index (χ2n) is 10.9. The molecule has 1 amide bonds. The Morgan fingerprint density at radius 3 is 2.47 bits per heavy atom. The van der Waals surface area contributed by atoms with Gasteiger partial charge in [0.2, 0.25) is 11.7 Å². The predicted molar refractivity (Wildman–Crippen MR) is 129 cm³/mol. The first kappa shape index (κ1) is 24.9. The number of phenols is 1. The van der Waals surface area contributed by atoms with E-state index in [4.69, 9.17) is 5.73 Å². The van der Waals surface area contributed by atoms with Gasteiger partial charge in [-0.25, -0.2) is 0 Å². The van der Waals surface area contributed by atoms with E-state index in [1.54, 1.807) is 19.0 Å². The molecule has 2 saturated carbocycles. The number of likely N-dealkylation sites (tertiary alicyclic amines) is 1. The van der Waals surface area contributed by atoms with Gasteiger partial charge in [0, 0.05) is 24.1 Å². The fourth-order valence-electron chi connectivity index (χ4n) is 7.00. The average molecular weight is 500 g/mol. The van der Waals surface area contributed by atoms with Gasteiger partial charge in [-0.3, -0.25) is 19.3 Å². The highest BCUT2D eigenvalue weighted by Gasteiger charge is 2.67. The summed E-state index contributed by atoms with van der Waals surface area (Å²) < 4.78 is 0. The molecule has 36 heavy (non-hydrogen) atoms. The van der Waals surface area contributed by atoms with E-state index in [1.165, 1.54) is 6.07 Å². The number of carbonyl (C=O) groups excluding carboxylic acids is 3. The molecule has 1 aliphatic heterocycles. The summed E-state index contributed by atoms with van der Waals surface area (Å²) in [4.78, 5) is 43.2. The van der Waals surface area contributed by atoms with Crippen LogP contribution in [0.15, 0.2) is 17.7 Å². The van der Waals surface area contributed by atoms with E-state index in [-0.39, 0.29) is 23.3 Å². The lowest BCUT2D eigenvalue weighted by Crippen LogP contribution is -2.73. The number of primary amides is 1. The van der Waals surface area contributed by atoms with Crippen LogP contribution in [0.5, 0.6) is 5.75 Å². The molecule has 6 N–H and O–H groups in total. The number of hydrogen-bond donors (Lipinski definition) is 5. The normalized spacial score (nSPS) is 34.5.